The Morgan fingerprint density at radius 3 is 1.82 bits per heavy atom. The second kappa shape index (κ2) is 7.92. The lowest BCUT2D eigenvalue weighted by Crippen LogP contribution is -2.33. The summed E-state index contributed by atoms with van der Waals surface area (Å²) in [6.45, 7) is 9.51. The Labute approximate surface area is 197 Å². The van der Waals surface area contributed by atoms with Crippen LogP contribution in [0.4, 0.5) is 0 Å². The molecule has 0 unspecified atom stereocenters. The molecule has 0 heterocycles. The fraction of sp³-hybridized carbons (Fsp3) is 0.250. The minimum absolute atomic E-state index is 0.163. The van der Waals surface area contributed by atoms with E-state index < -0.39 is 0 Å². The Hall–Kier alpha value is -3.32. The summed E-state index contributed by atoms with van der Waals surface area (Å²) >= 11 is 0. The van der Waals surface area contributed by atoms with Crippen molar-refractivity contribution in [2.75, 3.05) is 0 Å². The summed E-state index contributed by atoms with van der Waals surface area (Å²) in [5.74, 6) is 0.291. The monoisotopic (exact) mass is 432 g/mol. The summed E-state index contributed by atoms with van der Waals surface area (Å²) in [6, 6.07) is 31.9. The van der Waals surface area contributed by atoms with Gasteiger partial charge >= 0.3 is 0 Å². The molecule has 0 radical (unpaired) electrons. The molecular weight excluding hydrogens is 400 g/mol. The van der Waals surface area contributed by atoms with Crippen molar-refractivity contribution in [2.24, 2.45) is 0 Å². The molecule has 5 rings (SSSR count). The zero-order chi connectivity index (χ0) is 23.2. The van der Waals surface area contributed by atoms with Gasteiger partial charge in [0.15, 0.2) is 0 Å². The van der Waals surface area contributed by atoms with Crippen LogP contribution in [0, 0.1) is 0 Å². The fourth-order valence-corrected chi connectivity index (χ4v) is 5.24. The van der Waals surface area contributed by atoms with E-state index in [0.717, 1.165) is 5.56 Å². The van der Waals surface area contributed by atoms with Crippen molar-refractivity contribution in [2.45, 2.75) is 51.4 Å². The summed E-state index contributed by atoms with van der Waals surface area (Å²) in [4.78, 5) is 0. The molecule has 0 aliphatic heterocycles. The van der Waals surface area contributed by atoms with Gasteiger partial charge in [-0.2, -0.15) is 0 Å². The Morgan fingerprint density at radius 2 is 1.12 bits per heavy atom. The highest BCUT2D eigenvalue weighted by Crippen LogP contribution is 2.47. The quantitative estimate of drug-likeness (QED) is 0.343. The van der Waals surface area contributed by atoms with Crippen LogP contribution in [0.25, 0.3) is 33.4 Å². The second-order valence-corrected chi connectivity index (χ2v) is 10.7. The van der Waals surface area contributed by atoms with Gasteiger partial charge in [-0.25, -0.2) is 0 Å². The largest absolute Gasteiger partial charge is 0.508 e. The molecule has 166 valence electrons. The third kappa shape index (κ3) is 3.97. The predicted molar refractivity (Wildman–Crippen MR) is 140 cm³/mol. The molecule has 0 fully saturated rings. The zero-order valence-electron chi connectivity index (χ0n) is 20.0. The average Bonchev–Trinajstić information content (AvgIpc) is 2.83. The molecule has 33 heavy (non-hydrogen) atoms. The number of phenolic OH excluding ortho intramolecular Hbond substituents is 1. The normalized spacial score (nSPS) is 16.2. The molecule has 0 aromatic heterocycles. The highest BCUT2D eigenvalue weighted by Gasteiger charge is 2.37. The molecule has 4 aromatic carbocycles. The van der Waals surface area contributed by atoms with Gasteiger partial charge in [0.05, 0.1) is 0 Å². The van der Waals surface area contributed by atoms with Crippen molar-refractivity contribution in [1.29, 1.82) is 0 Å². The highest BCUT2D eigenvalue weighted by molar-refractivity contribution is 5.87. The van der Waals surface area contributed by atoms with E-state index in [1.54, 1.807) is 12.1 Å². The van der Waals surface area contributed by atoms with Gasteiger partial charge in [-0.05, 0) is 86.4 Å². The van der Waals surface area contributed by atoms with Crippen LogP contribution >= 0.6 is 0 Å². The van der Waals surface area contributed by atoms with Crippen molar-refractivity contribution in [3.63, 3.8) is 0 Å². The molecule has 0 spiro atoms. The van der Waals surface area contributed by atoms with Crippen LogP contribution in [0.1, 0.15) is 51.7 Å². The smallest absolute Gasteiger partial charge is 0.115 e. The molecular formula is C32H32O. The van der Waals surface area contributed by atoms with Gasteiger partial charge in [0.1, 0.15) is 5.75 Å². The number of fused-ring (bicyclic) bond motifs is 1. The molecule has 0 amide bonds. The maximum absolute atomic E-state index is 9.82. The van der Waals surface area contributed by atoms with Crippen LogP contribution in [-0.2, 0) is 10.8 Å². The molecule has 1 aliphatic rings. The lowest BCUT2D eigenvalue weighted by atomic mass is 9.63. The highest BCUT2D eigenvalue weighted by atomic mass is 16.3. The molecule has 1 nitrogen and oxygen atoms in total. The lowest BCUT2D eigenvalue weighted by Gasteiger charge is -2.42. The van der Waals surface area contributed by atoms with Gasteiger partial charge in [-0.3, -0.25) is 0 Å². The van der Waals surface area contributed by atoms with Crippen molar-refractivity contribution >= 4 is 0 Å². The Morgan fingerprint density at radius 1 is 0.515 bits per heavy atom. The van der Waals surface area contributed by atoms with E-state index in [1.165, 1.54) is 51.8 Å². The first-order valence-electron chi connectivity index (χ1n) is 11.9. The standard InChI is InChI=1S/C32H32O/c1-31(2)18-19-32(3,4)30-21-25(13-17-29(30)31)28-20-24(22-8-6-5-7-9-22)12-16-27(28)23-10-14-26(33)15-11-23/h5-17,20-21,33H,18-19H2,1-4H3. The number of aromatic hydroxyl groups is 1. The molecule has 1 N–H and O–H groups in total. The van der Waals surface area contributed by atoms with E-state index in [9.17, 15) is 5.11 Å². The molecule has 0 saturated heterocycles. The van der Waals surface area contributed by atoms with E-state index in [-0.39, 0.29) is 10.8 Å². The third-order valence-electron chi connectivity index (χ3n) is 7.47. The Kier molecular flexibility index (Phi) is 5.16. The minimum atomic E-state index is 0.163. The molecule has 4 aromatic rings. The molecule has 1 heteroatoms. The van der Waals surface area contributed by atoms with Gasteiger partial charge in [0, 0.05) is 0 Å². The predicted octanol–water partition coefficient (Wildman–Crippen LogP) is 8.74. The van der Waals surface area contributed by atoms with E-state index in [2.05, 4.69) is 94.4 Å². The first-order chi connectivity index (χ1) is 15.7. The topological polar surface area (TPSA) is 20.2 Å². The third-order valence-corrected chi connectivity index (χ3v) is 7.47. The first kappa shape index (κ1) is 21.5. The van der Waals surface area contributed by atoms with Crippen LogP contribution in [-0.4, -0.2) is 5.11 Å². The summed E-state index contributed by atoms with van der Waals surface area (Å²) in [6.07, 6.45) is 2.42. The average molecular weight is 433 g/mol. The second-order valence-electron chi connectivity index (χ2n) is 10.7. The molecule has 0 atom stereocenters. The first-order valence-corrected chi connectivity index (χ1v) is 11.9. The van der Waals surface area contributed by atoms with Gasteiger partial charge in [-0.1, -0.05) is 100 Å². The van der Waals surface area contributed by atoms with Gasteiger partial charge in [0.2, 0.25) is 0 Å². The minimum Gasteiger partial charge on any atom is -0.508 e. The fourth-order valence-electron chi connectivity index (χ4n) is 5.24. The number of rotatable bonds is 3. The Bertz CT molecular complexity index is 1290. The molecule has 1 aliphatic carbocycles. The van der Waals surface area contributed by atoms with Crippen molar-refractivity contribution in [1.82, 2.24) is 0 Å². The molecule has 0 saturated carbocycles. The zero-order valence-corrected chi connectivity index (χ0v) is 20.0. The van der Waals surface area contributed by atoms with Crippen LogP contribution in [0.15, 0.2) is 91.0 Å². The number of hydrogen-bond acceptors (Lipinski definition) is 1. The van der Waals surface area contributed by atoms with Crippen molar-refractivity contribution < 1.29 is 5.11 Å². The summed E-state index contributed by atoms with van der Waals surface area (Å²) in [5.41, 5.74) is 10.5. The summed E-state index contributed by atoms with van der Waals surface area (Å²) < 4.78 is 0. The van der Waals surface area contributed by atoms with Crippen molar-refractivity contribution in [3.8, 4) is 39.1 Å². The van der Waals surface area contributed by atoms with E-state index in [0.29, 0.717) is 5.75 Å². The maximum atomic E-state index is 9.82. The number of hydrogen-bond donors (Lipinski definition) is 1. The van der Waals surface area contributed by atoms with Gasteiger partial charge < -0.3 is 5.11 Å². The van der Waals surface area contributed by atoms with E-state index in [4.69, 9.17) is 0 Å². The Balaban J connectivity index is 1.73. The van der Waals surface area contributed by atoms with Crippen LogP contribution in [0.5, 0.6) is 5.75 Å². The van der Waals surface area contributed by atoms with Gasteiger partial charge in [-0.15, -0.1) is 0 Å². The maximum Gasteiger partial charge on any atom is 0.115 e. The van der Waals surface area contributed by atoms with E-state index >= 15 is 0 Å². The van der Waals surface area contributed by atoms with Crippen molar-refractivity contribution in [3.05, 3.63) is 102 Å². The van der Waals surface area contributed by atoms with Crippen LogP contribution < -0.4 is 0 Å². The number of benzene rings is 4. The van der Waals surface area contributed by atoms with E-state index in [1.807, 2.05) is 12.1 Å². The summed E-state index contributed by atoms with van der Waals surface area (Å²) in [5, 5.41) is 9.82. The van der Waals surface area contributed by atoms with Gasteiger partial charge in [0.25, 0.3) is 0 Å². The molecule has 0 bridgehead atoms. The number of phenols is 1. The SMILES string of the molecule is CC1(C)CCC(C)(C)c2cc(-c3cc(-c4ccccc4)ccc3-c3ccc(O)cc3)ccc21. The van der Waals surface area contributed by atoms with Crippen LogP contribution in [0.3, 0.4) is 0 Å². The summed E-state index contributed by atoms with van der Waals surface area (Å²) in [7, 11) is 0. The van der Waals surface area contributed by atoms with Crippen LogP contribution in [0.2, 0.25) is 0 Å². The lowest BCUT2D eigenvalue weighted by molar-refractivity contribution is 0.332.